The van der Waals surface area contributed by atoms with Gasteiger partial charge in [0.05, 0.1) is 0 Å². The molecule has 84 valence electrons. The van der Waals surface area contributed by atoms with Crippen molar-refractivity contribution in [3.05, 3.63) is 42.2 Å². The molecular weight excluding hydrogens is 204 g/mol. The van der Waals surface area contributed by atoms with Gasteiger partial charge in [0.2, 0.25) is 0 Å². The number of aryl methyl sites for hydroxylation is 1. The van der Waals surface area contributed by atoms with Crippen LogP contribution in [0, 0.1) is 0 Å². The number of aromatic nitrogens is 3. The largest absolute Gasteiger partial charge is 0.357 e. The number of carbonyl (C=O) groups is 1. The van der Waals surface area contributed by atoms with Gasteiger partial charge in [0, 0.05) is 38.6 Å². The minimum absolute atomic E-state index is 0.0841. The second-order valence-corrected chi connectivity index (χ2v) is 3.54. The normalized spacial score (nSPS) is 10.3. The molecule has 0 radical (unpaired) electrons. The van der Waals surface area contributed by atoms with E-state index in [9.17, 15) is 4.79 Å². The van der Waals surface area contributed by atoms with Gasteiger partial charge in [-0.2, -0.15) is 0 Å². The van der Waals surface area contributed by atoms with Crippen molar-refractivity contribution >= 4 is 5.91 Å². The SMILES string of the molecule is Cn1ccnc1CCNC(=O)c1ccc[nH]1. The van der Waals surface area contributed by atoms with Crippen LogP contribution < -0.4 is 5.32 Å². The van der Waals surface area contributed by atoms with E-state index in [-0.39, 0.29) is 5.91 Å². The molecule has 0 aliphatic rings. The molecule has 2 aromatic heterocycles. The molecule has 0 saturated carbocycles. The second kappa shape index (κ2) is 4.65. The topological polar surface area (TPSA) is 62.7 Å². The van der Waals surface area contributed by atoms with Gasteiger partial charge in [0.15, 0.2) is 0 Å². The maximum atomic E-state index is 11.5. The summed E-state index contributed by atoms with van der Waals surface area (Å²) in [4.78, 5) is 18.6. The highest BCUT2D eigenvalue weighted by molar-refractivity contribution is 5.92. The Kier molecular flexibility index (Phi) is 3.05. The van der Waals surface area contributed by atoms with Crippen LogP contribution in [0.2, 0.25) is 0 Å². The van der Waals surface area contributed by atoms with Crippen LogP contribution in [0.15, 0.2) is 30.7 Å². The lowest BCUT2D eigenvalue weighted by Gasteiger charge is -2.03. The average molecular weight is 218 g/mol. The quantitative estimate of drug-likeness (QED) is 0.794. The zero-order chi connectivity index (χ0) is 11.4. The van der Waals surface area contributed by atoms with Gasteiger partial charge >= 0.3 is 0 Å². The second-order valence-electron chi connectivity index (χ2n) is 3.54. The number of aromatic amines is 1. The van der Waals surface area contributed by atoms with Crippen LogP contribution in [-0.2, 0) is 13.5 Å². The Morgan fingerprint density at radius 1 is 1.62 bits per heavy atom. The standard InChI is InChI=1S/C11H14N4O/c1-15-8-7-13-10(15)4-6-14-11(16)9-3-2-5-12-9/h2-3,5,7-8,12H,4,6H2,1H3,(H,14,16). The summed E-state index contributed by atoms with van der Waals surface area (Å²) in [6.07, 6.45) is 6.11. The van der Waals surface area contributed by atoms with Crippen LogP contribution >= 0.6 is 0 Å². The number of imidazole rings is 1. The van der Waals surface area contributed by atoms with Crippen molar-refractivity contribution < 1.29 is 4.79 Å². The molecule has 0 fully saturated rings. The van der Waals surface area contributed by atoms with Gasteiger partial charge in [-0.15, -0.1) is 0 Å². The zero-order valence-electron chi connectivity index (χ0n) is 9.10. The van der Waals surface area contributed by atoms with Crippen molar-refractivity contribution in [2.24, 2.45) is 7.05 Å². The summed E-state index contributed by atoms with van der Waals surface area (Å²) in [6.45, 7) is 0.586. The third kappa shape index (κ3) is 2.31. The van der Waals surface area contributed by atoms with Crippen molar-refractivity contribution in [1.82, 2.24) is 19.9 Å². The molecule has 0 spiro atoms. The molecule has 16 heavy (non-hydrogen) atoms. The number of hydrogen-bond donors (Lipinski definition) is 2. The summed E-state index contributed by atoms with van der Waals surface area (Å²) in [5, 5.41) is 2.83. The molecule has 2 aromatic rings. The Hall–Kier alpha value is -2.04. The van der Waals surface area contributed by atoms with Crippen LogP contribution in [-0.4, -0.2) is 27.0 Å². The molecule has 0 aliphatic heterocycles. The Morgan fingerprint density at radius 3 is 3.12 bits per heavy atom. The summed E-state index contributed by atoms with van der Waals surface area (Å²) in [7, 11) is 1.94. The fourth-order valence-electron chi connectivity index (χ4n) is 1.49. The van der Waals surface area contributed by atoms with E-state index in [0.717, 1.165) is 12.2 Å². The molecule has 2 N–H and O–H groups in total. The van der Waals surface area contributed by atoms with Crippen LogP contribution in [0.1, 0.15) is 16.3 Å². The summed E-state index contributed by atoms with van der Waals surface area (Å²) < 4.78 is 1.95. The van der Waals surface area contributed by atoms with E-state index in [2.05, 4.69) is 15.3 Å². The zero-order valence-corrected chi connectivity index (χ0v) is 9.10. The van der Waals surface area contributed by atoms with E-state index < -0.39 is 0 Å². The summed E-state index contributed by atoms with van der Waals surface area (Å²) in [5.74, 6) is 0.881. The lowest BCUT2D eigenvalue weighted by molar-refractivity contribution is 0.0949. The van der Waals surface area contributed by atoms with Crippen molar-refractivity contribution in [2.75, 3.05) is 6.54 Å². The summed E-state index contributed by atoms with van der Waals surface area (Å²) in [6, 6.07) is 3.55. The minimum atomic E-state index is -0.0841. The molecule has 0 aliphatic carbocycles. The molecular formula is C11H14N4O. The summed E-state index contributed by atoms with van der Waals surface area (Å²) in [5.41, 5.74) is 0.583. The van der Waals surface area contributed by atoms with Crippen molar-refractivity contribution in [1.29, 1.82) is 0 Å². The van der Waals surface area contributed by atoms with Gasteiger partial charge < -0.3 is 14.9 Å². The molecule has 0 aromatic carbocycles. The van der Waals surface area contributed by atoms with Gasteiger partial charge in [-0.3, -0.25) is 4.79 Å². The Balaban J connectivity index is 1.81. The highest BCUT2D eigenvalue weighted by atomic mass is 16.1. The van der Waals surface area contributed by atoms with E-state index in [1.54, 1.807) is 24.5 Å². The number of rotatable bonds is 4. The maximum absolute atomic E-state index is 11.5. The number of hydrogen-bond acceptors (Lipinski definition) is 2. The first-order valence-corrected chi connectivity index (χ1v) is 5.15. The van der Waals surface area contributed by atoms with Crippen LogP contribution in [0.5, 0.6) is 0 Å². The molecule has 5 heteroatoms. The van der Waals surface area contributed by atoms with Gasteiger partial charge in [-0.1, -0.05) is 0 Å². The van der Waals surface area contributed by atoms with E-state index in [4.69, 9.17) is 0 Å². The van der Waals surface area contributed by atoms with Gasteiger partial charge in [0.1, 0.15) is 11.5 Å². The van der Waals surface area contributed by atoms with Gasteiger partial charge in [0.25, 0.3) is 5.91 Å². The van der Waals surface area contributed by atoms with Crippen molar-refractivity contribution in [2.45, 2.75) is 6.42 Å². The van der Waals surface area contributed by atoms with Gasteiger partial charge in [-0.05, 0) is 12.1 Å². The molecule has 1 amide bonds. The highest BCUT2D eigenvalue weighted by Gasteiger charge is 2.05. The van der Waals surface area contributed by atoms with Crippen molar-refractivity contribution in [3.63, 3.8) is 0 Å². The molecule has 0 atom stereocenters. The summed E-state index contributed by atoms with van der Waals surface area (Å²) >= 11 is 0. The highest BCUT2D eigenvalue weighted by Crippen LogP contribution is 1.96. The minimum Gasteiger partial charge on any atom is -0.357 e. The molecule has 0 saturated heterocycles. The lowest BCUT2D eigenvalue weighted by atomic mass is 10.3. The predicted molar refractivity (Wildman–Crippen MR) is 60.0 cm³/mol. The number of carbonyl (C=O) groups excluding carboxylic acids is 1. The Labute approximate surface area is 93.5 Å². The van der Waals surface area contributed by atoms with E-state index in [0.29, 0.717) is 12.2 Å². The van der Waals surface area contributed by atoms with Crippen LogP contribution in [0.25, 0.3) is 0 Å². The average Bonchev–Trinajstić information content (AvgIpc) is 2.90. The fraction of sp³-hybridized carbons (Fsp3) is 0.273. The van der Waals surface area contributed by atoms with E-state index in [1.165, 1.54) is 0 Å². The Morgan fingerprint density at radius 2 is 2.50 bits per heavy atom. The number of amides is 1. The lowest BCUT2D eigenvalue weighted by Crippen LogP contribution is -2.26. The van der Waals surface area contributed by atoms with Gasteiger partial charge in [-0.25, -0.2) is 4.98 Å². The number of nitrogens with zero attached hydrogens (tertiary/aromatic N) is 2. The molecule has 2 rings (SSSR count). The first kappa shape index (κ1) is 10.5. The third-order valence-electron chi connectivity index (χ3n) is 2.40. The number of H-pyrrole nitrogens is 1. The first-order chi connectivity index (χ1) is 7.77. The van der Waals surface area contributed by atoms with Crippen molar-refractivity contribution in [3.8, 4) is 0 Å². The molecule has 2 heterocycles. The van der Waals surface area contributed by atoms with E-state index >= 15 is 0 Å². The molecule has 0 unspecified atom stereocenters. The van der Waals surface area contributed by atoms with Crippen LogP contribution in [0.3, 0.4) is 0 Å². The Bertz CT molecular complexity index is 458. The number of nitrogens with one attached hydrogen (secondary N) is 2. The smallest absolute Gasteiger partial charge is 0.267 e. The molecule has 0 bridgehead atoms. The first-order valence-electron chi connectivity index (χ1n) is 5.15. The third-order valence-corrected chi connectivity index (χ3v) is 2.40. The van der Waals surface area contributed by atoms with Crippen LogP contribution in [0.4, 0.5) is 0 Å². The van der Waals surface area contributed by atoms with E-state index in [1.807, 2.05) is 17.8 Å². The fourth-order valence-corrected chi connectivity index (χ4v) is 1.49. The predicted octanol–water partition coefficient (Wildman–Crippen LogP) is 0.721. The monoisotopic (exact) mass is 218 g/mol. The maximum Gasteiger partial charge on any atom is 0.267 e. The molecule has 5 nitrogen and oxygen atoms in total.